The van der Waals surface area contributed by atoms with Gasteiger partial charge in [0.25, 0.3) is 5.91 Å². The number of rotatable bonds is 8. The average Bonchev–Trinajstić information content (AvgIpc) is 3.14. The molecule has 0 bridgehead atoms. The maximum Gasteiger partial charge on any atom is 0.252 e. The third-order valence-corrected chi connectivity index (χ3v) is 4.61. The topological polar surface area (TPSA) is 105 Å². The zero-order chi connectivity index (χ0) is 21.7. The first-order valence-electron chi connectivity index (χ1n) is 9.69. The zero-order valence-corrected chi connectivity index (χ0v) is 17.5. The first kappa shape index (κ1) is 21.2. The van der Waals surface area contributed by atoms with Gasteiger partial charge in [-0.2, -0.15) is 0 Å². The van der Waals surface area contributed by atoms with Crippen LogP contribution in [0.4, 0.5) is 5.95 Å². The quantitative estimate of drug-likeness (QED) is 0.528. The molecule has 3 rings (SSSR count). The molecule has 0 aliphatic heterocycles. The normalized spacial score (nSPS) is 11.9. The Labute approximate surface area is 175 Å². The van der Waals surface area contributed by atoms with E-state index in [1.165, 1.54) is 14.2 Å². The summed E-state index contributed by atoms with van der Waals surface area (Å²) in [5, 5.41) is 5.59. The molecule has 8 heteroatoms. The highest BCUT2D eigenvalue weighted by atomic mass is 16.5. The minimum absolute atomic E-state index is 0.196. The molecule has 2 amide bonds. The highest BCUT2D eigenvalue weighted by Crippen LogP contribution is 2.27. The molecule has 0 aliphatic rings. The fourth-order valence-corrected chi connectivity index (χ4v) is 3.14. The van der Waals surface area contributed by atoms with Crippen LogP contribution in [0.15, 0.2) is 42.5 Å². The van der Waals surface area contributed by atoms with E-state index in [0.29, 0.717) is 29.4 Å². The number of methoxy groups -OCH3 is 2. The molecule has 3 aromatic rings. The van der Waals surface area contributed by atoms with Crippen LogP contribution in [0.1, 0.15) is 30.6 Å². The molecular weight excluding hydrogens is 384 g/mol. The minimum atomic E-state index is -0.723. The van der Waals surface area contributed by atoms with E-state index in [9.17, 15) is 9.59 Å². The van der Waals surface area contributed by atoms with Crippen LogP contribution in [0.2, 0.25) is 0 Å². The lowest BCUT2D eigenvalue weighted by atomic mass is 10.0. The molecule has 1 aromatic heterocycles. The van der Waals surface area contributed by atoms with Gasteiger partial charge in [0.2, 0.25) is 11.9 Å². The lowest BCUT2D eigenvalue weighted by Gasteiger charge is -2.20. The lowest BCUT2D eigenvalue weighted by Crippen LogP contribution is -2.44. The van der Waals surface area contributed by atoms with Gasteiger partial charge in [-0.1, -0.05) is 26.0 Å². The van der Waals surface area contributed by atoms with Crippen molar-refractivity contribution in [2.24, 2.45) is 5.92 Å². The number of ether oxygens (including phenoxy) is 2. The highest BCUT2D eigenvalue weighted by molar-refractivity contribution is 6.01. The molecule has 0 spiro atoms. The molecule has 0 fully saturated rings. The van der Waals surface area contributed by atoms with Gasteiger partial charge in [0.15, 0.2) is 11.5 Å². The van der Waals surface area contributed by atoms with Crippen molar-refractivity contribution in [3.63, 3.8) is 0 Å². The van der Waals surface area contributed by atoms with Crippen LogP contribution < -0.4 is 20.1 Å². The molecule has 158 valence electrons. The summed E-state index contributed by atoms with van der Waals surface area (Å²) in [5.41, 5.74) is 1.95. The van der Waals surface area contributed by atoms with Gasteiger partial charge in [-0.15, -0.1) is 0 Å². The number of fused-ring (bicyclic) bond motifs is 1. The number of imidazole rings is 1. The van der Waals surface area contributed by atoms with E-state index in [1.807, 2.05) is 38.1 Å². The van der Waals surface area contributed by atoms with Crippen LogP contribution in [-0.2, 0) is 4.79 Å². The summed E-state index contributed by atoms with van der Waals surface area (Å²) in [6.45, 7) is 3.98. The maximum atomic E-state index is 12.9. The van der Waals surface area contributed by atoms with Crippen LogP contribution in [-0.4, -0.2) is 42.0 Å². The van der Waals surface area contributed by atoms with Gasteiger partial charge in [-0.3, -0.25) is 14.9 Å². The van der Waals surface area contributed by atoms with Crippen LogP contribution in [0.3, 0.4) is 0 Å². The largest absolute Gasteiger partial charge is 0.493 e. The van der Waals surface area contributed by atoms with E-state index < -0.39 is 6.04 Å². The molecule has 0 saturated heterocycles. The number of benzene rings is 2. The molecule has 0 radical (unpaired) electrons. The van der Waals surface area contributed by atoms with Crippen molar-refractivity contribution >= 4 is 28.8 Å². The number of aromatic nitrogens is 2. The minimum Gasteiger partial charge on any atom is -0.493 e. The number of nitrogens with one attached hydrogen (secondary N) is 3. The van der Waals surface area contributed by atoms with Gasteiger partial charge in [-0.25, -0.2) is 4.98 Å². The lowest BCUT2D eigenvalue weighted by molar-refractivity contribution is -0.118. The van der Waals surface area contributed by atoms with Crippen molar-refractivity contribution in [2.45, 2.75) is 26.3 Å². The van der Waals surface area contributed by atoms with Gasteiger partial charge in [0, 0.05) is 5.56 Å². The maximum absolute atomic E-state index is 12.9. The second-order valence-electron chi connectivity index (χ2n) is 7.32. The van der Waals surface area contributed by atoms with Crippen molar-refractivity contribution in [3.8, 4) is 11.5 Å². The van der Waals surface area contributed by atoms with E-state index in [-0.39, 0.29) is 17.7 Å². The molecule has 3 N–H and O–H groups in total. The Balaban J connectivity index is 1.76. The molecule has 2 aromatic carbocycles. The predicted molar refractivity (Wildman–Crippen MR) is 115 cm³/mol. The van der Waals surface area contributed by atoms with Gasteiger partial charge in [-0.05, 0) is 42.7 Å². The summed E-state index contributed by atoms with van der Waals surface area (Å²) in [6, 6.07) is 11.6. The number of H-pyrrole nitrogens is 1. The number of amides is 2. The molecule has 8 nitrogen and oxygen atoms in total. The van der Waals surface area contributed by atoms with Crippen molar-refractivity contribution in [2.75, 3.05) is 19.5 Å². The summed E-state index contributed by atoms with van der Waals surface area (Å²) in [6.07, 6.45) is 0.477. The molecule has 0 aliphatic carbocycles. The number of hydrogen-bond acceptors (Lipinski definition) is 5. The Morgan fingerprint density at radius 1 is 1.07 bits per heavy atom. The fourth-order valence-electron chi connectivity index (χ4n) is 3.14. The van der Waals surface area contributed by atoms with Gasteiger partial charge < -0.3 is 19.8 Å². The number of anilines is 1. The van der Waals surface area contributed by atoms with Crippen molar-refractivity contribution in [1.82, 2.24) is 15.3 Å². The second kappa shape index (κ2) is 9.30. The Morgan fingerprint density at radius 2 is 1.80 bits per heavy atom. The van der Waals surface area contributed by atoms with E-state index in [2.05, 4.69) is 20.6 Å². The molecular formula is C22H26N4O4. The van der Waals surface area contributed by atoms with Crippen molar-refractivity contribution < 1.29 is 19.1 Å². The van der Waals surface area contributed by atoms with Gasteiger partial charge >= 0.3 is 0 Å². The number of aromatic amines is 1. The van der Waals surface area contributed by atoms with Gasteiger partial charge in [0.05, 0.1) is 25.3 Å². The SMILES string of the molecule is COc1ccc(C(=O)N[C@@H](CC(C)C)C(=O)Nc2nc3ccccc3[nH]2)cc1OC. The van der Waals surface area contributed by atoms with E-state index in [0.717, 1.165) is 11.0 Å². The smallest absolute Gasteiger partial charge is 0.252 e. The third kappa shape index (κ3) is 4.89. The first-order valence-corrected chi connectivity index (χ1v) is 9.69. The summed E-state index contributed by atoms with van der Waals surface area (Å²) in [7, 11) is 3.03. The Morgan fingerprint density at radius 3 is 2.47 bits per heavy atom. The first-order chi connectivity index (χ1) is 14.4. The van der Waals surface area contributed by atoms with E-state index in [1.54, 1.807) is 18.2 Å². The Hall–Kier alpha value is -3.55. The summed E-state index contributed by atoms with van der Waals surface area (Å²) < 4.78 is 10.5. The van der Waals surface area contributed by atoms with Crippen molar-refractivity contribution in [1.29, 1.82) is 0 Å². The number of hydrogen-bond donors (Lipinski definition) is 3. The van der Waals surface area contributed by atoms with Crippen LogP contribution >= 0.6 is 0 Å². The fraction of sp³-hybridized carbons (Fsp3) is 0.318. The number of carbonyl (C=O) groups is 2. The molecule has 0 unspecified atom stereocenters. The van der Waals surface area contributed by atoms with E-state index in [4.69, 9.17) is 9.47 Å². The second-order valence-corrected chi connectivity index (χ2v) is 7.32. The predicted octanol–water partition coefficient (Wildman–Crippen LogP) is 3.36. The Kier molecular flexibility index (Phi) is 6.56. The molecule has 1 heterocycles. The summed E-state index contributed by atoms with van der Waals surface area (Å²) in [4.78, 5) is 33.1. The van der Waals surface area contributed by atoms with Crippen LogP contribution in [0.25, 0.3) is 11.0 Å². The van der Waals surface area contributed by atoms with E-state index >= 15 is 0 Å². The van der Waals surface area contributed by atoms with Crippen molar-refractivity contribution in [3.05, 3.63) is 48.0 Å². The third-order valence-electron chi connectivity index (χ3n) is 4.61. The Bertz CT molecular complexity index is 1010. The molecule has 30 heavy (non-hydrogen) atoms. The highest BCUT2D eigenvalue weighted by Gasteiger charge is 2.24. The summed E-state index contributed by atoms with van der Waals surface area (Å²) in [5.74, 6) is 0.795. The van der Waals surface area contributed by atoms with Crippen LogP contribution in [0, 0.1) is 5.92 Å². The monoisotopic (exact) mass is 410 g/mol. The number of nitrogens with zero attached hydrogens (tertiary/aromatic N) is 1. The average molecular weight is 410 g/mol. The molecule has 0 saturated carbocycles. The van der Waals surface area contributed by atoms with Gasteiger partial charge in [0.1, 0.15) is 6.04 Å². The molecule has 1 atom stereocenters. The summed E-state index contributed by atoms with van der Waals surface area (Å²) >= 11 is 0. The zero-order valence-electron chi connectivity index (χ0n) is 17.5. The van der Waals surface area contributed by atoms with Crippen LogP contribution in [0.5, 0.6) is 11.5 Å². The standard InChI is InChI=1S/C22H26N4O4/c1-13(2)11-17(21(28)26-22-24-15-7-5-6-8-16(15)25-22)23-20(27)14-9-10-18(29-3)19(12-14)30-4/h5-10,12-13,17H,11H2,1-4H3,(H,23,27)(H2,24,25,26,28)/t17-/m0/s1. The number of para-hydroxylation sites is 2. The number of carbonyl (C=O) groups excluding carboxylic acids is 2.